The molecule has 0 aromatic heterocycles. The van der Waals surface area contributed by atoms with E-state index in [-0.39, 0.29) is 5.92 Å². The summed E-state index contributed by atoms with van der Waals surface area (Å²) in [6, 6.07) is 12.0. The summed E-state index contributed by atoms with van der Waals surface area (Å²) in [5.74, 6) is -0.890. The molecule has 0 saturated carbocycles. The van der Waals surface area contributed by atoms with Gasteiger partial charge in [0.25, 0.3) is 0 Å². The van der Waals surface area contributed by atoms with E-state index in [1.807, 2.05) is 6.92 Å². The largest absolute Gasteiger partial charge is 0.330 e. The molecule has 0 bridgehead atoms. The quantitative estimate of drug-likeness (QED) is 0.886. The van der Waals surface area contributed by atoms with Crippen LogP contribution in [0, 0.1) is 24.5 Å². The molecule has 3 heteroatoms. The van der Waals surface area contributed by atoms with Crippen molar-refractivity contribution in [1.82, 2.24) is 0 Å². The van der Waals surface area contributed by atoms with Crippen LogP contribution in [-0.2, 0) is 12.8 Å². The summed E-state index contributed by atoms with van der Waals surface area (Å²) in [6.07, 6.45) is 1.32. The Morgan fingerprint density at radius 2 is 1.70 bits per heavy atom. The molecule has 0 spiro atoms. The Morgan fingerprint density at radius 1 is 1.00 bits per heavy atom. The van der Waals surface area contributed by atoms with Crippen LogP contribution in [0.4, 0.5) is 8.78 Å². The first kappa shape index (κ1) is 14.7. The van der Waals surface area contributed by atoms with E-state index in [9.17, 15) is 8.78 Å². The molecule has 0 heterocycles. The lowest BCUT2D eigenvalue weighted by Gasteiger charge is -2.15. The van der Waals surface area contributed by atoms with Gasteiger partial charge < -0.3 is 5.73 Å². The molecule has 106 valence electrons. The van der Waals surface area contributed by atoms with Crippen molar-refractivity contribution in [1.29, 1.82) is 0 Å². The summed E-state index contributed by atoms with van der Waals surface area (Å²) in [5.41, 5.74) is 8.70. The third-order valence-corrected chi connectivity index (χ3v) is 3.50. The highest BCUT2D eigenvalue weighted by Crippen LogP contribution is 2.17. The van der Waals surface area contributed by atoms with Gasteiger partial charge in [-0.15, -0.1) is 0 Å². The molecule has 2 aromatic rings. The van der Waals surface area contributed by atoms with Gasteiger partial charge in [-0.2, -0.15) is 0 Å². The van der Waals surface area contributed by atoms with Crippen LogP contribution < -0.4 is 5.73 Å². The van der Waals surface area contributed by atoms with Gasteiger partial charge in [-0.05, 0) is 49.4 Å². The van der Waals surface area contributed by atoms with Crippen LogP contribution in [0.3, 0.4) is 0 Å². The highest BCUT2D eigenvalue weighted by atomic mass is 19.1. The second-order valence-corrected chi connectivity index (χ2v) is 5.23. The molecule has 0 radical (unpaired) electrons. The smallest absolute Gasteiger partial charge is 0.129 e. The van der Waals surface area contributed by atoms with Gasteiger partial charge in [0.2, 0.25) is 0 Å². The van der Waals surface area contributed by atoms with E-state index in [0.29, 0.717) is 18.5 Å². The predicted molar refractivity (Wildman–Crippen MR) is 77.5 cm³/mol. The second-order valence-electron chi connectivity index (χ2n) is 5.23. The molecule has 0 saturated heterocycles. The molecular weight excluding hydrogens is 256 g/mol. The Bertz CT molecular complexity index is 564. The van der Waals surface area contributed by atoms with Crippen molar-refractivity contribution >= 4 is 0 Å². The first-order valence-electron chi connectivity index (χ1n) is 6.78. The normalized spacial score (nSPS) is 12.4. The van der Waals surface area contributed by atoms with Crippen molar-refractivity contribution in [3.8, 4) is 0 Å². The summed E-state index contributed by atoms with van der Waals surface area (Å²) in [5, 5.41) is 0. The minimum absolute atomic E-state index is 0.151. The van der Waals surface area contributed by atoms with Gasteiger partial charge in [-0.3, -0.25) is 0 Å². The Hall–Kier alpha value is -1.74. The first-order valence-corrected chi connectivity index (χ1v) is 6.78. The van der Waals surface area contributed by atoms with Crippen LogP contribution >= 0.6 is 0 Å². The van der Waals surface area contributed by atoms with Gasteiger partial charge in [-0.1, -0.05) is 35.9 Å². The monoisotopic (exact) mass is 275 g/mol. The molecule has 20 heavy (non-hydrogen) atoms. The maximum Gasteiger partial charge on any atom is 0.129 e. The van der Waals surface area contributed by atoms with E-state index in [2.05, 4.69) is 24.3 Å². The number of benzene rings is 2. The lowest BCUT2D eigenvalue weighted by Crippen LogP contribution is -2.20. The third-order valence-electron chi connectivity index (χ3n) is 3.50. The van der Waals surface area contributed by atoms with Crippen molar-refractivity contribution in [3.05, 3.63) is 70.8 Å². The average Bonchev–Trinajstić information content (AvgIpc) is 2.43. The maximum absolute atomic E-state index is 13.7. The summed E-state index contributed by atoms with van der Waals surface area (Å²) in [4.78, 5) is 0. The zero-order chi connectivity index (χ0) is 14.5. The van der Waals surface area contributed by atoms with E-state index in [0.717, 1.165) is 12.5 Å². The number of aryl methyl sites for hydroxylation is 1. The van der Waals surface area contributed by atoms with Crippen LogP contribution in [0.15, 0.2) is 42.5 Å². The molecule has 0 fully saturated rings. The Morgan fingerprint density at radius 3 is 2.30 bits per heavy atom. The van der Waals surface area contributed by atoms with Gasteiger partial charge in [0.05, 0.1) is 0 Å². The SMILES string of the molecule is Cc1ccc(CC(CN)Cc2ccc(F)cc2F)cc1. The van der Waals surface area contributed by atoms with E-state index < -0.39 is 11.6 Å². The van der Waals surface area contributed by atoms with Gasteiger partial charge in [-0.25, -0.2) is 8.78 Å². The van der Waals surface area contributed by atoms with E-state index in [1.165, 1.54) is 23.3 Å². The lowest BCUT2D eigenvalue weighted by molar-refractivity contribution is 0.506. The molecule has 1 nitrogen and oxygen atoms in total. The highest BCUT2D eigenvalue weighted by Gasteiger charge is 2.12. The van der Waals surface area contributed by atoms with Crippen molar-refractivity contribution in [2.24, 2.45) is 11.7 Å². The lowest BCUT2D eigenvalue weighted by atomic mass is 9.92. The zero-order valence-electron chi connectivity index (χ0n) is 11.6. The summed E-state index contributed by atoms with van der Waals surface area (Å²) in [7, 11) is 0. The fraction of sp³-hybridized carbons (Fsp3) is 0.294. The van der Waals surface area contributed by atoms with Gasteiger partial charge in [0, 0.05) is 6.07 Å². The minimum Gasteiger partial charge on any atom is -0.330 e. The molecule has 2 aromatic carbocycles. The summed E-state index contributed by atoms with van der Waals surface area (Å²) in [6.45, 7) is 2.52. The van der Waals surface area contributed by atoms with Crippen molar-refractivity contribution < 1.29 is 8.78 Å². The number of halogens is 2. The van der Waals surface area contributed by atoms with Crippen LogP contribution in [0.2, 0.25) is 0 Å². The number of hydrogen-bond acceptors (Lipinski definition) is 1. The molecule has 0 amide bonds. The van der Waals surface area contributed by atoms with Gasteiger partial charge in [0.1, 0.15) is 11.6 Å². The fourth-order valence-electron chi connectivity index (χ4n) is 2.29. The fourth-order valence-corrected chi connectivity index (χ4v) is 2.29. The molecule has 2 N–H and O–H groups in total. The Balaban J connectivity index is 2.07. The standard InChI is InChI=1S/C17H19F2N/c1-12-2-4-13(5-3-12)8-14(11-20)9-15-6-7-16(18)10-17(15)19/h2-7,10,14H,8-9,11,20H2,1H3. The second kappa shape index (κ2) is 6.62. The molecule has 0 aliphatic heterocycles. The van der Waals surface area contributed by atoms with Gasteiger partial charge >= 0.3 is 0 Å². The molecule has 2 rings (SSSR count). The summed E-state index contributed by atoms with van der Waals surface area (Å²) >= 11 is 0. The Labute approximate surface area is 118 Å². The number of rotatable bonds is 5. The van der Waals surface area contributed by atoms with E-state index in [4.69, 9.17) is 5.73 Å². The van der Waals surface area contributed by atoms with Gasteiger partial charge in [0.15, 0.2) is 0 Å². The van der Waals surface area contributed by atoms with Crippen molar-refractivity contribution in [2.45, 2.75) is 19.8 Å². The zero-order valence-corrected chi connectivity index (χ0v) is 11.6. The van der Waals surface area contributed by atoms with Crippen LogP contribution in [0.5, 0.6) is 0 Å². The third kappa shape index (κ3) is 3.87. The molecule has 0 aliphatic carbocycles. The summed E-state index contributed by atoms with van der Waals surface area (Å²) < 4.78 is 26.5. The van der Waals surface area contributed by atoms with E-state index >= 15 is 0 Å². The number of nitrogens with two attached hydrogens (primary N) is 1. The first-order chi connectivity index (χ1) is 9.58. The van der Waals surface area contributed by atoms with E-state index in [1.54, 1.807) is 0 Å². The molecular formula is C17H19F2N. The highest BCUT2D eigenvalue weighted by molar-refractivity contribution is 5.23. The average molecular weight is 275 g/mol. The predicted octanol–water partition coefficient (Wildman–Crippen LogP) is 3.63. The molecule has 0 aliphatic rings. The van der Waals surface area contributed by atoms with Crippen LogP contribution in [0.25, 0.3) is 0 Å². The Kier molecular flexibility index (Phi) is 4.85. The molecule has 1 atom stereocenters. The van der Waals surface area contributed by atoms with Crippen LogP contribution in [0.1, 0.15) is 16.7 Å². The maximum atomic E-state index is 13.7. The number of hydrogen-bond donors (Lipinski definition) is 1. The van der Waals surface area contributed by atoms with Crippen molar-refractivity contribution in [2.75, 3.05) is 6.54 Å². The van der Waals surface area contributed by atoms with Crippen molar-refractivity contribution in [3.63, 3.8) is 0 Å². The minimum atomic E-state index is -0.547. The topological polar surface area (TPSA) is 26.0 Å². The van der Waals surface area contributed by atoms with Crippen LogP contribution in [-0.4, -0.2) is 6.54 Å². The molecule has 1 unspecified atom stereocenters.